The molecule has 1 aromatic carbocycles. The zero-order chi connectivity index (χ0) is 22.9. The summed E-state index contributed by atoms with van der Waals surface area (Å²) in [6, 6.07) is 8.36. The van der Waals surface area contributed by atoms with E-state index in [1.165, 1.54) is 12.1 Å². The number of hydrogen-bond acceptors (Lipinski definition) is 5. The SMILES string of the molecule is COc1nc(/C=C/c2nc3n(n2)CCC[C@@H]3c2ccc(F)cc2Cl)ccc1-n1cnc(C)c1. The van der Waals surface area contributed by atoms with E-state index in [0.717, 1.165) is 47.8 Å². The molecule has 168 valence electrons. The molecule has 5 rings (SSSR count). The quantitative estimate of drug-likeness (QED) is 0.412. The number of aromatic nitrogens is 6. The zero-order valence-corrected chi connectivity index (χ0v) is 19.0. The van der Waals surface area contributed by atoms with Crippen molar-refractivity contribution >= 4 is 23.8 Å². The minimum Gasteiger partial charge on any atom is -0.479 e. The van der Waals surface area contributed by atoms with Crippen LogP contribution in [0.25, 0.3) is 17.8 Å². The summed E-state index contributed by atoms with van der Waals surface area (Å²) in [5.74, 6) is 1.56. The monoisotopic (exact) mass is 464 g/mol. The van der Waals surface area contributed by atoms with E-state index in [0.29, 0.717) is 16.7 Å². The first-order valence-electron chi connectivity index (χ1n) is 10.7. The average Bonchev–Trinajstić information content (AvgIpc) is 3.43. The summed E-state index contributed by atoms with van der Waals surface area (Å²) >= 11 is 6.33. The third kappa shape index (κ3) is 4.26. The highest BCUT2D eigenvalue weighted by Crippen LogP contribution is 2.36. The van der Waals surface area contributed by atoms with Crippen molar-refractivity contribution < 1.29 is 9.13 Å². The number of pyridine rings is 1. The van der Waals surface area contributed by atoms with Gasteiger partial charge >= 0.3 is 0 Å². The van der Waals surface area contributed by atoms with Gasteiger partial charge in [0.25, 0.3) is 0 Å². The molecule has 33 heavy (non-hydrogen) atoms. The van der Waals surface area contributed by atoms with Gasteiger partial charge in [-0.05, 0) is 61.7 Å². The van der Waals surface area contributed by atoms with E-state index in [1.54, 1.807) is 19.5 Å². The molecule has 7 nitrogen and oxygen atoms in total. The molecule has 4 heterocycles. The van der Waals surface area contributed by atoms with Gasteiger partial charge in [0.15, 0.2) is 5.82 Å². The third-order valence-corrected chi connectivity index (χ3v) is 6.00. The van der Waals surface area contributed by atoms with Crippen LogP contribution in [0.1, 0.15) is 47.4 Å². The number of imidazole rings is 1. The fraction of sp³-hybridized carbons (Fsp3) is 0.250. The largest absolute Gasteiger partial charge is 0.479 e. The summed E-state index contributed by atoms with van der Waals surface area (Å²) in [7, 11) is 1.59. The Kier molecular flexibility index (Phi) is 5.68. The van der Waals surface area contributed by atoms with Crippen LogP contribution < -0.4 is 4.74 Å². The number of aryl methyl sites for hydroxylation is 2. The van der Waals surface area contributed by atoms with Crippen molar-refractivity contribution in [3.8, 4) is 11.6 Å². The highest BCUT2D eigenvalue weighted by atomic mass is 35.5. The van der Waals surface area contributed by atoms with Gasteiger partial charge in [-0.2, -0.15) is 5.10 Å². The first-order chi connectivity index (χ1) is 16.0. The Labute approximate surface area is 195 Å². The Bertz CT molecular complexity index is 1340. The normalized spacial score (nSPS) is 15.7. The first-order valence-corrected chi connectivity index (χ1v) is 11.0. The molecule has 0 N–H and O–H groups in total. The van der Waals surface area contributed by atoms with Crippen molar-refractivity contribution in [3.63, 3.8) is 0 Å². The Morgan fingerprint density at radius 1 is 1.18 bits per heavy atom. The van der Waals surface area contributed by atoms with Crippen molar-refractivity contribution in [2.24, 2.45) is 0 Å². The number of rotatable bonds is 5. The fourth-order valence-corrected chi connectivity index (χ4v) is 4.42. The number of benzene rings is 1. The molecule has 9 heteroatoms. The molecule has 0 aliphatic carbocycles. The Morgan fingerprint density at radius 3 is 2.82 bits per heavy atom. The summed E-state index contributed by atoms with van der Waals surface area (Å²) in [6.45, 7) is 2.72. The zero-order valence-electron chi connectivity index (χ0n) is 18.2. The van der Waals surface area contributed by atoms with Gasteiger partial charge < -0.3 is 9.30 Å². The smallest absolute Gasteiger partial charge is 0.238 e. The van der Waals surface area contributed by atoms with Crippen LogP contribution in [-0.4, -0.2) is 36.4 Å². The van der Waals surface area contributed by atoms with Crippen LogP contribution in [-0.2, 0) is 6.54 Å². The number of fused-ring (bicyclic) bond motifs is 1. The van der Waals surface area contributed by atoms with E-state index in [2.05, 4.69) is 15.1 Å². The van der Waals surface area contributed by atoms with Crippen molar-refractivity contribution in [1.29, 1.82) is 0 Å². The van der Waals surface area contributed by atoms with Crippen LogP contribution in [0, 0.1) is 12.7 Å². The lowest BCUT2D eigenvalue weighted by molar-refractivity contribution is 0.395. The molecule has 0 spiro atoms. The Hall–Kier alpha value is -3.52. The van der Waals surface area contributed by atoms with E-state index in [1.807, 2.05) is 46.7 Å². The topological polar surface area (TPSA) is 70.7 Å². The van der Waals surface area contributed by atoms with Gasteiger partial charge in [-0.3, -0.25) is 0 Å². The molecular weight excluding hydrogens is 443 g/mol. The van der Waals surface area contributed by atoms with Crippen molar-refractivity contribution in [2.45, 2.75) is 32.2 Å². The molecule has 0 radical (unpaired) electrons. The molecule has 1 atom stereocenters. The highest BCUT2D eigenvalue weighted by Gasteiger charge is 2.27. The molecule has 4 aromatic rings. The highest BCUT2D eigenvalue weighted by molar-refractivity contribution is 6.31. The predicted molar refractivity (Wildman–Crippen MR) is 124 cm³/mol. The minimum atomic E-state index is -0.346. The lowest BCUT2D eigenvalue weighted by Crippen LogP contribution is -2.18. The van der Waals surface area contributed by atoms with Crippen LogP contribution >= 0.6 is 11.6 Å². The van der Waals surface area contributed by atoms with Crippen LogP contribution in [0.3, 0.4) is 0 Å². The molecule has 0 unspecified atom stereocenters. The first kappa shape index (κ1) is 21.3. The molecule has 0 saturated carbocycles. The van der Waals surface area contributed by atoms with E-state index in [-0.39, 0.29) is 11.7 Å². The number of methoxy groups -OCH3 is 1. The molecule has 0 amide bonds. The van der Waals surface area contributed by atoms with Crippen molar-refractivity contribution in [2.75, 3.05) is 7.11 Å². The molecule has 0 bridgehead atoms. The van der Waals surface area contributed by atoms with E-state index in [4.69, 9.17) is 21.3 Å². The Balaban J connectivity index is 1.42. The summed E-state index contributed by atoms with van der Waals surface area (Å²) in [4.78, 5) is 13.6. The van der Waals surface area contributed by atoms with Crippen LogP contribution in [0.4, 0.5) is 4.39 Å². The second-order valence-electron chi connectivity index (χ2n) is 7.93. The van der Waals surface area contributed by atoms with Gasteiger partial charge in [0, 0.05) is 23.7 Å². The van der Waals surface area contributed by atoms with E-state index in [9.17, 15) is 4.39 Å². The summed E-state index contributed by atoms with van der Waals surface area (Å²) in [6.07, 6.45) is 9.17. The number of hydrogen-bond donors (Lipinski definition) is 0. The molecule has 1 aliphatic heterocycles. The fourth-order valence-electron chi connectivity index (χ4n) is 4.12. The second-order valence-corrected chi connectivity index (χ2v) is 8.34. The van der Waals surface area contributed by atoms with Crippen LogP contribution in [0.5, 0.6) is 5.88 Å². The van der Waals surface area contributed by atoms with E-state index < -0.39 is 0 Å². The number of nitrogens with zero attached hydrogens (tertiary/aromatic N) is 6. The minimum absolute atomic E-state index is 0.0161. The summed E-state index contributed by atoms with van der Waals surface area (Å²) in [5.41, 5.74) is 3.32. The van der Waals surface area contributed by atoms with Gasteiger partial charge in [-0.1, -0.05) is 17.7 Å². The van der Waals surface area contributed by atoms with E-state index >= 15 is 0 Å². The molecule has 0 saturated heterocycles. The summed E-state index contributed by atoms with van der Waals surface area (Å²) in [5, 5.41) is 5.04. The molecular formula is C24H22ClFN6O. The van der Waals surface area contributed by atoms with Gasteiger partial charge in [-0.15, -0.1) is 0 Å². The maximum atomic E-state index is 13.5. The van der Waals surface area contributed by atoms with Gasteiger partial charge in [0.2, 0.25) is 5.88 Å². The van der Waals surface area contributed by atoms with Crippen LogP contribution in [0.2, 0.25) is 5.02 Å². The second kappa shape index (κ2) is 8.78. The maximum Gasteiger partial charge on any atom is 0.238 e. The average molecular weight is 465 g/mol. The maximum absolute atomic E-state index is 13.5. The molecule has 0 fully saturated rings. The van der Waals surface area contributed by atoms with Gasteiger partial charge in [-0.25, -0.2) is 24.0 Å². The molecule has 3 aromatic heterocycles. The van der Waals surface area contributed by atoms with Crippen LogP contribution in [0.15, 0.2) is 42.9 Å². The van der Waals surface area contributed by atoms with Crippen molar-refractivity contribution in [1.82, 2.24) is 29.3 Å². The van der Waals surface area contributed by atoms with Crippen molar-refractivity contribution in [3.05, 3.63) is 82.3 Å². The molecule has 1 aliphatic rings. The Morgan fingerprint density at radius 2 is 2.06 bits per heavy atom. The van der Waals surface area contributed by atoms with Gasteiger partial charge in [0.05, 0.1) is 24.8 Å². The number of ether oxygens (including phenoxy) is 1. The van der Waals surface area contributed by atoms with Gasteiger partial charge in [0.1, 0.15) is 17.3 Å². The predicted octanol–water partition coefficient (Wildman–Crippen LogP) is 5.06. The third-order valence-electron chi connectivity index (χ3n) is 5.68. The lowest BCUT2D eigenvalue weighted by atomic mass is 9.91. The lowest BCUT2D eigenvalue weighted by Gasteiger charge is -2.23. The standard InChI is InChI=1S/C24H22ClFN6O/c1-15-13-31(14-27-15)21-9-6-17(28-24(21)33-2)7-10-22-29-23-19(4-3-11-32(23)30-22)18-8-5-16(26)12-20(18)25/h5-10,12-14,19H,3-4,11H2,1-2H3/b10-7+/t19-/m1/s1. The summed E-state index contributed by atoms with van der Waals surface area (Å²) < 4.78 is 22.8. The number of halogens is 2.